The molecule has 2 aromatic rings. The second-order valence-corrected chi connectivity index (χ2v) is 6.19. The van der Waals surface area contributed by atoms with Crippen molar-refractivity contribution in [2.45, 2.75) is 39.0 Å². The summed E-state index contributed by atoms with van der Waals surface area (Å²) >= 11 is 0. The van der Waals surface area contributed by atoms with Crippen molar-refractivity contribution in [1.82, 2.24) is 19.7 Å². The summed E-state index contributed by atoms with van der Waals surface area (Å²) in [5.74, 6) is 0. The zero-order valence-corrected chi connectivity index (χ0v) is 14.1. The summed E-state index contributed by atoms with van der Waals surface area (Å²) in [6.45, 7) is 5.62. The number of ether oxygens (including phenoxy) is 1. The Morgan fingerprint density at radius 3 is 2.78 bits per heavy atom. The Morgan fingerprint density at radius 2 is 2.17 bits per heavy atom. The summed E-state index contributed by atoms with van der Waals surface area (Å²) in [6.07, 6.45) is 2.93. The van der Waals surface area contributed by atoms with E-state index in [1.165, 1.54) is 0 Å². The minimum absolute atomic E-state index is 0.0446. The van der Waals surface area contributed by atoms with E-state index in [1.807, 2.05) is 42.5 Å². The van der Waals surface area contributed by atoms with E-state index < -0.39 is 0 Å². The van der Waals surface area contributed by atoms with Crippen LogP contribution >= 0.6 is 0 Å². The highest BCUT2D eigenvalue weighted by Gasteiger charge is 2.31. The standard InChI is InChI=1S/C17H23N5O/c1-11-13(7-14(8-18)21(11)3)9-19-16-5-6-23-17(16)15-10-20-22(4)12(15)2/h7,10,16-17,19H,5-6,9H2,1-4H3/t16-,17+/m0/s1. The molecular weight excluding hydrogens is 290 g/mol. The average Bonchev–Trinajstić information content (AvgIpc) is 3.20. The van der Waals surface area contributed by atoms with Crippen molar-refractivity contribution in [3.05, 3.63) is 40.5 Å². The molecule has 1 aliphatic heterocycles. The van der Waals surface area contributed by atoms with Gasteiger partial charge in [-0.05, 0) is 31.9 Å². The van der Waals surface area contributed by atoms with E-state index in [4.69, 9.17) is 10.00 Å². The van der Waals surface area contributed by atoms with Crippen LogP contribution in [-0.2, 0) is 25.4 Å². The van der Waals surface area contributed by atoms with E-state index in [0.717, 1.165) is 42.1 Å². The second-order valence-electron chi connectivity index (χ2n) is 6.19. The summed E-state index contributed by atoms with van der Waals surface area (Å²) in [5.41, 5.74) is 5.29. The Bertz CT molecular complexity index is 752. The van der Waals surface area contributed by atoms with Crippen molar-refractivity contribution in [2.24, 2.45) is 14.1 Å². The number of nitrogens with one attached hydrogen (secondary N) is 1. The number of aromatic nitrogens is 3. The Kier molecular flexibility index (Phi) is 4.24. The number of nitrogens with zero attached hydrogens (tertiary/aromatic N) is 4. The van der Waals surface area contributed by atoms with Gasteiger partial charge < -0.3 is 14.6 Å². The highest BCUT2D eigenvalue weighted by Crippen LogP contribution is 2.31. The van der Waals surface area contributed by atoms with Crippen molar-refractivity contribution in [2.75, 3.05) is 6.61 Å². The third kappa shape index (κ3) is 2.78. The maximum atomic E-state index is 9.14. The summed E-state index contributed by atoms with van der Waals surface area (Å²) in [5, 5.41) is 17.1. The van der Waals surface area contributed by atoms with Gasteiger partial charge in [-0.1, -0.05) is 0 Å². The smallest absolute Gasteiger partial charge is 0.120 e. The molecule has 0 spiro atoms. The molecule has 0 radical (unpaired) electrons. The van der Waals surface area contributed by atoms with Crippen LogP contribution < -0.4 is 5.32 Å². The first-order valence-corrected chi connectivity index (χ1v) is 7.91. The van der Waals surface area contributed by atoms with Crippen LogP contribution in [-0.4, -0.2) is 27.0 Å². The Labute approximate surface area is 136 Å². The maximum absolute atomic E-state index is 9.14. The number of nitriles is 1. The molecule has 0 aliphatic carbocycles. The zero-order chi connectivity index (χ0) is 16.6. The molecule has 3 heterocycles. The van der Waals surface area contributed by atoms with Crippen LogP contribution in [0.15, 0.2) is 12.3 Å². The lowest BCUT2D eigenvalue weighted by atomic mass is 10.0. The molecule has 2 aromatic heterocycles. The van der Waals surface area contributed by atoms with E-state index in [0.29, 0.717) is 5.69 Å². The predicted molar refractivity (Wildman–Crippen MR) is 86.7 cm³/mol. The van der Waals surface area contributed by atoms with Crippen molar-refractivity contribution < 1.29 is 4.74 Å². The molecule has 1 N–H and O–H groups in total. The summed E-state index contributed by atoms with van der Waals surface area (Å²) in [4.78, 5) is 0. The third-order valence-electron chi connectivity index (χ3n) is 4.98. The number of rotatable bonds is 4. The lowest BCUT2D eigenvalue weighted by Gasteiger charge is -2.20. The van der Waals surface area contributed by atoms with E-state index in [1.54, 1.807) is 0 Å². The Balaban J connectivity index is 1.73. The molecule has 0 bridgehead atoms. The van der Waals surface area contributed by atoms with Crippen molar-refractivity contribution in [1.29, 1.82) is 5.26 Å². The normalized spacial score (nSPS) is 20.8. The fourth-order valence-electron chi connectivity index (χ4n) is 3.19. The molecule has 6 nitrogen and oxygen atoms in total. The van der Waals surface area contributed by atoms with E-state index in [2.05, 4.69) is 23.4 Å². The van der Waals surface area contributed by atoms with Gasteiger partial charge in [-0.15, -0.1) is 0 Å². The second kappa shape index (κ2) is 6.19. The predicted octanol–water partition coefficient (Wildman–Crippen LogP) is 1.87. The topological polar surface area (TPSA) is 67.8 Å². The highest BCUT2D eigenvalue weighted by atomic mass is 16.5. The molecule has 0 amide bonds. The van der Waals surface area contributed by atoms with Crippen molar-refractivity contribution >= 4 is 0 Å². The van der Waals surface area contributed by atoms with Gasteiger partial charge in [-0.2, -0.15) is 10.4 Å². The summed E-state index contributed by atoms with van der Waals surface area (Å²) < 4.78 is 9.76. The van der Waals surface area contributed by atoms with E-state index in [9.17, 15) is 0 Å². The average molecular weight is 313 g/mol. The molecular formula is C17H23N5O. The van der Waals surface area contributed by atoms with Gasteiger partial charge in [-0.3, -0.25) is 4.68 Å². The minimum atomic E-state index is 0.0446. The van der Waals surface area contributed by atoms with Crippen LogP contribution in [0.1, 0.15) is 40.7 Å². The van der Waals surface area contributed by atoms with Gasteiger partial charge in [0.15, 0.2) is 0 Å². The molecule has 6 heteroatoms. The van der Waals surface area contributed by atoms with Gasteiger partial charge >= 0.3 is 0 Å². The summed E-state index contributed by atoms with van der Waals surface area (Å²) in [6, 6.07) is 4.46. The van der Waals surface area contributed by atoms with Gasteiger partial charge in [0.25, 0.3) is 0 Å². The fourth-order valence-corrected chi connectivity index (χ4v) is 3.19. The van der Waals surface area contributed by atoms with Crippen molar-refractivity contribution in [3.63, 3.8) is 0 Å². The van der Waals surface area contributed by atoms with Gasteiger partial charge in [0, 0.05) is 50.2 Å². The minimum Gasteiger partial charge on any atom is -0.372 e. The highest BCUT2D eigenvalue weighted by molar-refractivity contribution is 5.34. The number of hydrogen-bond donors (Lipinski definition) is 1. The number of aryl methyl sites for hydroxylation is 1. The van der Waals surface area contributed by atoms with Crippen molar-refractivity contribution in [3.8, 4) is 6.07 Å². The van der Waals surface area contributed by atoms with E-state index in [-0.39, 0.29) is 12.1 Å². The molecule has 0 saturated carbocycles. The lowest BCUT2D eigenvalue weighted by molar-refractivity contribution is 0.0979. The lowest BCUT2D eigenvalue weighted by Crippen LogP contribution is -2.31. The Hall–Kier alpha value is -2.10. The first-order valence-electron chi connectivity index (χ1n) is 7.91. The zero-order valence-electron chi connectivity index (χ0n) is 14.1. The summed E-state index contributed by atoms with van der Waals surface area (Å²) in [7, 11) is 3.88. The number of hydrogen-bond acceptors (Lipinski definition) is 4. The molecule has 1 saturated heterocycles. The van der Waals surface area contributed by atoms with Gasteiger partial charge in [-0.25, -0.2) is 0 Å². The van der Waals surface area contributed by atoms with Crippen LogP contribution in [0.4, 0.5) is 0 Å². The SMILES string of the molecule is Cc1c([C@H]2OCC[C@@H]2NCc2cc(C#N)n(C)c2C)cnn1C. The first-order chi connectivity index (χ1) is 11.0. The quantitative estimate of drug-likeness (QED) is 0.935. The van der Waals surface area contributed by atoms with Gasteiger partial charge in [0.1, 0.15) is 17.9 Å². The molecule has 0 aromatic carbocycles. The van der Waals surface area contributed by atoms with Crippen LogP contribution in [0.5, 0.6) is 0 Å². The van der Waals surface area contributed by atoms with Gasteiger partial charge in [0.2, 0.25) is 0 Å². The van der Waals surface area contributed by atoms with Crippen LogP contribution in [0.2, 0.25) is 0 Å². The first kappa shape index (κ1) is 15.8. The molecule has 3 rings (SSSR count). The van der Waals surface area contributed by atoms with Crippen LogP contribution in [0.25, 0.3) is 0 Å². The monoisotopic (exact) mass is 313 g/mol. The Morgan fingerprint density at radius 1 is 1.39 bits per heavy atom. The van der Waals surface area contributed by atoms with Crippen LogP contribution in [0.3, 0.4) is 0 Å². The largest absolute Gasteiger partial charge is 0.372 e. The van der Waals surface area contributed by atoms with Gasteiger partial charge in [0.05, 0.1) is 6.20 Å². The fraction of sp³-hybridized carbons (Fsp3) is 0.529. The molecule has 1 aliphatic rings. The molecule has 2 atom stereocenters. The molecule has 122 valence electrons. The van der Waals surface area contributed by atoms with E-state index >= 15 is 0 Å². The molecule has 1 fully saturated rings. The maximum Gasteiger partial charge on any atom is 0.120 e. The third-order valence-corrected chi connectivity index (χ3v) is 4.98. The molecule has 0 unspecified atom stereocenters. The van der Waals surface area contributed by atoms with Crippen LogP contribution in [0, 0.1) is 25.2 Å². The molecule has 23 heavy (non-hydrogen) atoms.